The van der Waals surface area contributed by atoms with E-state index >= 15 is 0 Å². The van der Waals surface area contributed by atoms with E-state index in [1.54, 1.807) is 18.2 Å². The first kappa shape index (κ1) is 16.3. The molecule has 1 aromatic rings. The van der Waals surface area contributed by atoms with Crippen LogP contribution in [0.3, 0.4) is 0 Å². The lowest BCUT2D eigenvalue weighted by molar-refractivity contribution is 0.0601. The third-order valence-corrected chi connectivity index (χ3v) is 3.58. The van der Waals surface area contributed by atoms with Crippen molar-refractivity contribution in [1.82, 2.24) is 0 Å². The molecular weight excluding hydrogens is 256 g/mol. The SMILES string of the molecule is CCC(CO)C(CC)Nc1cc(C(=O)OC)ccc1N. The van der Waals surface area contributed by atoms with Gasteiger partial charge in [0, 0.05) is 18.6 Å². The maximum absolute atomic E-state index is 11.5. The Hall–Kier alpha value is -1.75. The van der Waals surface area contributed by atoms with Crippen LogP contribution < -0.4 is 11.1 Å². The van der Waals surface area contributed by atoms with Crippen LogP contribution in [0.25, 0.3) is 0 Å². The number of aliphatic hydroxyl groups excluding tert-OH is 1. The van der Waals surface area contributed by atoms with Gasteiger partial charge in [-0.05, 0) is 31.0 Å². The van der Waals surface area contributed by atoms with E-state index in [0.29, 0.717) is 16.9 Å². The van der Waals surface area contributed by atoms with Crippen LogP contribution >= 0.6 is 0 Å². The molecule has 0 aromatic heterocycles. The highest BCUT2D eigenvalue weighted by Gasteiger charge is 2.19. The normalized spacial score (nSPS) is 13.6. The smallest absolute Gasteiger partial charge is 0.337 e. The van der Waals surface area contributed by atoms with Gasteiger partial charge in [-0.3, -0.25) is 0 Å². The van der Waals surface area contributed by atoms with Crippen LogP contribution in [-0.4, -0.2) is 30.8 Å². The average Bonchev–Trinajstić information content (AvgIpc) is 2.48. The fraction of sp³-hybridized carbons (Fsp3) is 0.533. The van der Waals surface area contributed by atoms with Gasteiger partial charge >= 0.3 is 5.97 Å². The fourth-order valence-electron chi connectivity index (χ4n) is 2.22. The summed E-state index contributed by atoms with van der Waals surface area (Å²) in [7, 11) is 1.35. The summed E-state index contributed by atoms with van der Waals surface area (Å²) in [6, 6.07) is 5.12. The molecule has 0 fully saturated rings. The highest BCUT2D eigenvalue weighted by atomic mass is 16.5. The summed E-state index contributed by atoms with van der Waals surface area (Å²) in [5.41, 5.74) is 7.67. The molecule has 4 N–H and O–H groups in total. The van der Waals surface area contributed by atoms with Gasteiger partial charge < -0.3 is 20.9 Å². The molecule has 112 valence electrons. The number of hydrogen-bond donors (Lipinski definition) is 3. The van der Waals surface area contributed by atoms with E-state index in [2.05, 4.69) is 12.2 Å². The molecule has 2 atom stereocenters. The Morgan fingerprint density at radius 2 is 2.10 bits per heavy atom. The molecule has 2 unspecified atom stereocenters. The minimum atomic E-state index is -0.393. The molecular formula is C15H24N2O3. The summed E-state index contributed by atoms with van der Waals surface area (Å²) < 4.78 is 4.70. The largest absolute Gasteiger partial charge is 0.465 e. The van der Waals surface area contributed by atoms with Gasteiger partial charge in [-0.2, -0.15) is 0 Å². The van der Waals surface area contributed by atoms with Crippen molar-refractivity contribution < 1.29 is 14.6 Å². The van der Waals surface area contributed by atoms with Gasteiger partial charge in [-0.15, -0.1) is 0 Å². The van der Waals surface area contributed by atoms with Crippen molar-refractivity contribution in [3.05, 3.63) is 23.8 Å². The zero-order valence-corrected chi connectivity index (χ0v) is 12.3. The molecule has 0 radical (unpaired) electrons. The van der Waals surface area contributed by atoms with Crippen molar-refractivity contribution in [2.75, 3.05) is 24.8 Å². The van der Waals surface area contributed by atoms with Crippen molar-refractivity contribution in [2.45, 2.75) is 32.7 Å². The van der Waals surface area contributed by atoms with E-state index in [0.717, 1.165) is 12.8 Å². The highest BCUT2D eigenvalue weighted by molar-refractivity contribution is 5.92. The lowest BCUT2D eigenvalue weighted by Gasteiger charge is -2.26. The van der Waals surface area contributed by atoms with Crippen molar-refractivity contribution >= 4 is 17.3 Å². The molecule has 0 saturated heterocycles. The minimum absolute atomic E-state index is 0.111. The number of carbonyl (C=O) groups is 1. The Kier molecular flexibility index (Phi) is 6.31. The molecule has 0 bridgehead atoms. The summed E-state index contributed by atoms with van der Waals surface area (Å²) in [6.45, 7) is 4.22. The molecule has 5 heteroatoms. The molecule has 0 amide bonds. The molecule has 20 heavy (non-hydrogen) atoms. The third-order valence-electron chi connectivity index (χ3n) is 3.58. The first-order chi connectivity index (χ1) is 9.57. The second-order valence-electron chi connectivity index (χ2n) is 4.80. The second kappa shape index (κ2) is 7.75. The number of anilines is 2. The van der Waals surface area contributed by atoms with Gasteiger partial charge in [0.15, 0.2) is 0 Å². The van der Waals surface area contributed by atoms with E-state index in [1.165, 1.54) is 7.11 Å². The topological polar surface area (TPSA) is 84.6 Å². The van der Waals surface area contributed by atoms with E-state index < -0.39 is 5.97 Å². The van der Waals surface area contributed by atoms with Gasteiger partial charge in [0.05, 0.1) is 24.0 Å². The molecule has 0 saturated carbocycles. The standard InChI is InChI=1S/C15H24N2O3/c1-4-10(9-18)13(5-2)17-14-8-11(15(19)20-3)6-7-12(14)16/h6-8,10,13,17-18H,4-5,9,16H2,1-3H3. The van der Waals surface area contributed by atoms with Gasteiger partial charge in [0.2, 0.25) is 0 Å². The molecule has 0 spiro atoms. The van der Waals surface area contributed by atoms with Crippen LogP contribution in [0, 0.1) is 5.92 Å². The van der Waals surface area contributed by atoms with Gasteiger partial charge in [-0.25, -0.2) is 4.79 Å². The second-order valence-corrected chi connectivity index (χ2v) is 4.80. The lowest BCUT2D eigenvalue weighted by atomic mass is 9.95. The zero-order chi connectivity index (χ0) is 15.1. The first-order valence-corrected chi connectivity index (χ1v) is 6.92. The molecule has 0 aliphatic heterocycles. The number of nitrogen functional groups attached to an aromatic ring is 1. The number of rotatable bonds is 7. The van der Waals surface area contributed by atoms with Gasteiger partial charge in [0.25, 0.3) is 0 Å². The fourth-order valence-corrected chi connectivity index (χ4v) is 2.22. The lowest BCUT2D eigenvalue weighted by Crippen LogP contribution is -2.31. The number of aliphatic hydroxyl groups is 1. The molecule has 1 aromatic carbocycles. The first-order valence-electron chi connectivity index (χ1n) is 6.92. The Balaban J connectivity index is 2.97. The van der Waals surface area contributed by atoms with Crippen LogP contribution in [0.15, 0.2) is 18.2 Å². The molecule has 0 aliphatic rings. The van der Waals surface area contributed by atoms with Crippen LogP contribution in [-0.2, 0) is 4.74 Å². The van der Waals surface area contributed by atoms with Crippen molar-refractivity contribution in [3.8, 4) is 0 Å². The van der Waals surface area contributed by atoms with E-state index in [4.69, 9.17) is 10.5 Å². The van der Waals surface area contributed by atoms with Crippen molar-refractivity contribution in [1.29, 1.82) is 0 Å². The Bertz CT molecular complexity index is 445. The number of carbonyl (C=O) groups excluding carboxylic acids is 1. The minimum Gasteiger partial charge on any atom is -0.465 e. The molecule has 0 heterocycles. The van der Waals surface area contributed by atoms with Gasteiger partial charge in [-0.1, -0.05) is 13.8 Å². The quantitative estimate of drug-likeness (QED) is 0.527. The van der Waals surface area contributed by atoms with Crippen LogP contribution in [0.2, 0.25) is 0 Å². The van der Waals surface area contributed by atoms with Crippen molar-refractivity contribution in [3.63, 3.8) is 0 Å². The predicted octanol–water partition coefficient (Wildman–Crippen LogP) is 2.26. The summed E-state index contributed by atoms with van der Waals surface area (Å²) in [5, 5.41) is 12.7. The highest BCUT2D eigenvalue weighted by Crippen LogP contribution is 2.24. The summed E-state index contributed by atoms with van der Waals surface area (Å²) in [5.74, 6) is -0.239. The van der Waals surface area contributed by atoms with Crippen LogP contribution in [0.5, 0.6) is 0 Å². The van der Waals surface area contributed by atoms with E-state index in [1.807, 2.05) is 6.92 Å². The number of methoxy groups -OCH3 is 1. The number of benzene rings is 1. The maximum Gasteiger partial charge on any atom is 0.337 e. The summed E-state index contributed by atoms with van der Waals surface area (Å²) >= 11 is 0. The molecule has 1 rings (SSSR count). The van der Waals surface area contributed by atoms with Crippen LogP contribution in [0.4, 0.5) is 11.4 Å². The summed E-state index contributed by atoms with van der Waals surface area (Å²) in [4.78, 5) is 11.5. The maximum atomic E-state index is 11.5. The average molecular weight is 280 g/mol. The number of nitrogens with one attached hydrogen (secondary N) is 1. The number of nitrogens with two attached hydrogens (primary N) is 1. The third kappa shape index (κ3) is 3.87. The zero-order valence-electron chi connectivity index (χ0n) is 12.3. The molecule has 5 nitrogen and oxygen atoms in total. The Morgan fingerprint density at radius 1 is 1.40 bits per heavy atom. The Labute approximate surface area is 120 Å². The predicted molar refractivity (Wildman–Crippen MR) is 80.8 cm³/mol. The van der Waals surface area contributed by atoms with Crippen LogP contribution in [0.1, 0.15) is 37.0 Å². The summed E-state index contributed by atoms with van der Waals surface area (Å²) in [6.07, 6.45) is 1.74. The van der Waals surface area contributed by atoms with E-state index in [9.17, 15) is 9.90 Å². The van der Waals surface area contributed by atoms with Crippen molar-refractivity contribution in [2.24, 2.45) is 5.92 Å². The number of ether oxygens (including phenoxy) is 1. The number of esters is 1. The monoisotopic (exact) mass is 280 g/mol. The Morgan fingerprint density at radius 3 is 2.60 bits per heavy atom. The molecule has 0 aliphatic carbocycles. The number of hydrogen-bond acceptors (Lipinski definition) is 5. The van der Waals surface area contributed by atoms with E-state index in [-0.39, 0.29) is 18.6 Å². The van der Waals surface area contributed by atoms with Gasteiger partial charge in [0.1, 0.15) is 0 Å².